The second-order valence-electron chi connectivity index (χ2n) is 14.9. The van der Waals surface area contributed by atoms with Gasteiger partial charge in [-0.2, -0.15) is 0 Å². The number of hydrogen-bond acceptors (Lipinski definition) is 5. The molecule has 2 amide bonds. The third kappa shape index (κ3) is 31.0. The largest absolute Gasteiger partial charge is 0.346 e. The molecule has 7 heteroatoms. The maximum atomic E-state index is 13.3. The summed E-state index contributed by atoms with van der Waals surface area (Å²) in [6, 6.07) is -1.07. The van der Waals surface area contributed by atoms with Crippen molar-refractivity contribution < 1.29 is 14.4 Å². The summed E-state index contributed by atoms with van der Waals surface area (Å²) in [5.41, 5.74) is 11.6. The first kappa shape index (κ1) is 47.5. The average molecular weight is 693 g/mol. The van der Waals surface area contributed by atoms with Crippen LogP contribution in [0.1, 0.15) is 219 Å². The van der Waals surface area contributed by atoms with Crippen LogP contribution in [0.4, 0.5) is 0 Å². The Labute approximate surface area is 304 Å². The lowest BCUT2D eigenvalue weighted by atomic mass is 10.0. The van der Waals surface area contributed by atoms with Gasteiger partial charge >= 0.3 is 0 Å². The van der Waals surface area contributed by atoms with Crippen molar-refractivity contribution >= 4 is 18.1 Å². The Morgan fingerprint density at radius 1 is 0.551 bits per heavy atom. The lowest BCUT2D eigenvalue weighted by Crippen LogP contribution is -2.49. The zero-order valence-corrected chi connectivity index (χ0v) is 32.8. The van der Waals surface area contributed by atoms with Crippen molar-refractivity contribution in [2.45, 2.75) is 231 Å². The van der Waals surface area contributed by atoms with E-state index in [4.69, 9.17) is 11.5 Å². The molecule has 0 rings (SSSR count). The Bertz CT molecular complexity index is 735. The van der Waals surface area contributed by atoms with Gasteiger partial charge in [-0.25, -0.2) is 0 Å². The van der Waals surface area contributed by atoms with Crippen molar-refractivity contribution in [3.8, 4) is 0 Å². The van der Waals surface area contributed by atoms with Crippen LogP contribution in [0.5, 0.6) is 0 Å². The van der Waals surface area contributed by atoms with Crippen molar-refractivity contribution in [2.24, 2.45) is 11.5 Å². The van der Waals surface area contributed by atoms with E-state index in [1.165, 1.54) is 148 Å². The van der Waals surface area contributed by atoms with E-state index in [9.17, 15) is 14.4 Å². The van der Waals surface area contributed by atoms with Crippen molar-refractivity contribution in [2.75, 3.05) is 19.6 Å². The summed E-state index contributed by atoms with van der Waals surface area (Å²) in [5.74, 6) is -0.490. The van der Waals surface area contributed by atoms with Gasteiger partial charge in [-0.05, 0) is 32.2 Å². The van der Waals surface area contributed by atoms with Gasteiger partial charge in [0, 0.05) is 6.54 Å². The first-order valence-electron chi connectivity index (χ1n) is 21.5. The molecular weight excluding hydrogens is 608 g/mol. The molecule has 2 atom stereocenters. The fourth-order valence-electron chi connectivity index (χ4n) is 6.83. The molecule has 0 fully saturated rings. The third-order valence-electron chi connectivity index (χ3n) is 10.2. The standard InChI is InChI=1S/C42H84N4O3/c1-3-5-7-9-11-13-15-17-19-21-23-25-27-29-33-39(38-47)46(41(48)37-45-42(49)40(44)34-30-31-35-43)36-32-28-26-24-22-20-18-16-14-12-10-8-6-4-2/h38-40H,3-37,43-44H2,1-2H3,(H,45,49)/t39-,40-/m0/s1. The molecule has 49 heavy (non-hydrogen) atoms. The lowest BCUT2D eigenvalue weighted by molar-refractivity contribution is -0.137. The summed E-state index contributed by atoms with van der Waals surface area (Å²) >= 11 is 0. The van der Waals surface area contributed by atoms with Crippen LogP contribution in [0.25, 0.3) is 0 Å². The van der Waals surface area contributed by atoms with Crippen LogP contribution in [-0.4, -0.2) is 54.7 Å². The molecule has 0 bridgehead atoms. The first-order valence-corrected chi connectivity index (χ1v) is 21.5. The van der Waals surface area contributed by atoms with E-state index in [1.54, 1.807) is 4.90 Å². The fraction of sp³-hybridized carbons (Fsp3) is 0.929. The van der Waals surface area contributed by atoms with Gasteiger partial charge in [-0.3, -0.25) is 9.59 Å². The predicted molar refractivity (Wildman–Crippen MR) is 211 cm³/mol. The second kappa shape index (κ2) is 37.8. The number of carbonyl (C=O) groups excluding carboxylic acids is 3. The minimum atomic E-state index is -0.643. The summed E-state index contributed by atoms with van der Waals surface area (Å²) in [7, 11) is 0. The zero-order valence-electron chi connectivity index (χ0n) is 32.8. The van der Waals surface area contributed by atoms with Crippen LogP contribution in [0, 0.1) is 0 Å². The van der Waals surface area contributed by atoms with E-state index >= 15 is 0 Å². The highest BCUT2D eigenvalue weighted by atomic mass is 16.2. The van der Waals surface area contributed by atoms with Gasteiger partial charge in [0.05, 0.1) is 18.6 Å². The maximum absolute atomic E-state index is 13.3. The van der Waals surface area contributed by atoms with Crippen LogP contribution in [0.3, 0.4) is 0 Å². The molecule has 5 N–H and O–H groups in total. The summed E-state index contributed by atoms with van der Waals surface area (Å²) in [6.07, 6.45) is 39.8. The molecule has 0 aromatic carbocycles. The highest BCUT2D eigenvalue weighted by Gasteiger charge is 2.24. The molecular formula is C42H84N4O3. The third-order valence-corrected chi connectivity index (χ3v) is 10.2. The van der Waals surface area contributed by atoms with Crippen LogP contribution >= 0.6 is 0 Å². The summed E-state index contributed by atoms with van der Waals surface area (Å²) in [6.45, 7) is 5.58. The summed E-state index contributed by atoms with van der Waals surface area (Å²) in [5, 5.41) is 2.74. The highest BCUT2D eigenvalue weighted by molar-refractivity contribution is 5.88. The lowest BCUT2D eigenvalue weighted by Gasteiger charge is -2.29. The molecule has 0 aliphatic carbocycles. The molecule has 0 aliphatic heterocycles. The fourth-order valence-corrected chi connectivity index (χ4v) is 6.83. The van der Waals surface area contributed by atoms with E-state index in [2.05, 4.69) is 19.2 Å². The van der Waals surface area contributed by atoms with Crippen LogP contribution in [-0.2, 0) is 14.4 Å². The Morgan fingerprint density at radius 2 is 0.918 bits per heavy atom. The number of rotatable bonds is 39. The summed E-state index contributed by atoms with van der Waals surface area (Å²) < 4.78 is 0. The molecule has 0 spiro atoms. The SMILES string of the molecule is CCCCCCCCCCCCCCCC[C@@H](C=O)N(CCCCCCCCCCCCCCCC)C(=O)CNC(=O)[C@@H](N)CCCCN. The molecule has 0 saturated carbocycles. The Morgan fingerprint density at radius 3 is 1.31 bits per heavy atom. The van der Waals surface area contributed by atoms with Crippen molar-refractivity contribution in [3.05, 3.63) is 0 Å². The first-order chi connectivity index (χ1) is 24.0. The molecule has 290 valence electrons. The normalized spacial score (nSPS) is 12.6. The van der Waals surface area contributed by atoms with Crippen LogP contribution in [0.2, 0.25) is 0 Å². The predicted octanol–water partition coefficient (Wildman–Crippen LogP) is 10.3. The number of aldehydes is 1. The number of nitrogens with zero attached hydrogens (tertiary/aromatic N) is 1. The van der Waals surface area contributed by atoms with Gasteiger partial charge in [0.15, 0.2) is 0 Å². The van der Waals surface area contributed by atoms with Gasteiger partial charge in [-0.1, -0.05) is 194 Å². The second-order valence-corrected chi connectivity index (χ2v) is 14.9. The molecule has 0 saturated heterocycles. The molecule has 0 aromatic heterocycles. The van der Waals surface area contributed by atoms with Crippen molar-refractivity contribution in [3.63, 3.8) is 0 Å². The topological polar surface area (TPSA) is 119 Å². The molecule has 0 heterocycles. The van der Waals surface area contributed by atoms with Crippen LogP contribution < -0.4 is 16.8 Å². The Kier molecular flexibility index (Phi) is 36.6. The molecule has 0 aromatic rings. The van der Waals surface area contributed by atoms with Gasteiger partial charge in [-0.15, -0.1) is 0 Å². The van der Waals surface area contributed by atoms with Crippen molar-refractivity contribution in [1.82, 2.24) is 10.2 Å². The summed E-state index contributed by atoms with van der Waals surface area (Å²) in [4.78, 5) is 39.8. The molecule has 7 nitrogen and oxygen atoms in total. The van der Waals surface area contributed by atoms with Gasteiger partial charge in [0.2, 0.25) is 11.8 Å². The number of amides is 2. The number of nitrogens with one attached hydrogen (secondary N) is 1. The van der Waals surface area contributed by atoms with E-state index in [0.29, 0.717) is 25.9 Å². The minimum absolute atomic E-state index is 0.106. The number of nitrogens with two attached hydrogens (primary N) is 2. The maximum Gasteiger partial charge on any atom is 0.242 e. The Balaban J connectivity index is 4.47. The highest BCUT2D eigenvalue weighted by Crippen LogP contribution is 2.17. The number of unbranched alkanes of at least 4 members (excludes halogenated alkanes) is 27. The quantitative estimate of drug-likeness (QED) is 0.0438. The minimum Gasteiger partial charge on any atom is -0.346 e. The molecule has 0 unspecified atom stereocenters. The smallest absolute Gasteiger partial charge is 0.242 e. The zero-order chi connectivity index (χ0) is 36.0. The Hall–Kier alpha value is -1.47. The van der Waals surface area contributed by atoms with Gasteiger partial charge in [0.25, 0.3) is 0 Å². The van der Waals surface area contributed by atoms with E-state index in [0.717, 1.165) is 51.2 Å². The number of hydrogen-bond donors (Lipinski definition) is 3. The van der Waals surface area contributed by atoms with E-state index in [-0.39, 0.29) is 18.4 Å². The van der Waals surface area contributed by atoms with Crippen LogP contribution in [0.15, 0.2) is 0 Å². The van der Waals surface area contributed by atoms with E-state index < -0.39 is 12.1 Å². The van der Waals surface area contributed by atoms with Gasteiger partial charge in [0.1, 0.15) is 6.29 Å². The van der Waals surface area contributed by atoms with Gasteiger partial charge < -0.3 is 26.5 Å². The molecule has 0 aliphatic rings. The number of carbonyl (C=O) groups is 3. The van der Waals surface area contributed by atoms with Crippen molar-refractivity contribution in [1.29, 1.82) is 0 Å². The monoisotopic (exact) mass is 693 g/mol. The average Bonchev–Trinajstić information content (AvgIpc) is 3.11. The molecule has 0 radical (unpaired) electrons. The van der Waals surface area contributed by atoms with E-state index in [1.807, 2.05) is 0 Å².